The highest BCUT2D eigenvalue weighted by Crippen LogP contribution is 2.28. The topological polar surface area (TPSA) is 67.9 Å². The molecule has 6 nitrogen and oxygen atoms in total. The first kappa shape index (κ1) is 29.3. The van der Waals surface area contributed by atoms with Crippen LogP contribution in [0.1, 0.15) is 27.8 Å². The third-order valence-electron chi connectivity index (χ3n) is 6.93. The third kappa shape index (κ3) is 8.18. The van der Waals surface area contributed by atoms with E-state index in [0.29, 0.717) is 24.5 Å². The molecule has 212 valence electrons. The number of hydrogen-bond donors (Lipinski definition) is 1. The van der Waals surface area contributed by atoms with Crippen LogP contribution < -0.4 is 14.8 Å². The monoisotopic (exact) mass is 554 g/mol. The molecule has 0 fully saturated rings. The Bertz CT molecular complexity index is 1440. The van der Waals surface area contributed by atoms with Gasteiger partial charge >= 0.3 is 0 Å². The van der Waals surface area contributed by atoms with Gasteiger partial charge in [0.15, 0.2) is 11.5 Å². The van der Waals surface area contributed by atoms with E-state index in [1.807, 2.05) is 61.5 Å². The van der Waals surface area contributed by atoms with Gasteiger partial charge in [-0.1, -0.05) is 78.4 Å². The third-order valence-corrected chi connectivity index (χ3v) is 6.93. The molecule has 0 spiro atoms. The van der Waals surface area contributed by atoms with Crippen molar-refractivity contribution in [3.63, 3.8) is 0 Å². The van der Waals surface area contributed by atoms with Gasteiger partial charge in [0.25, 0.3) is 0 Å². The molecule has 0 unspecified atom stereocenters. The molecule has 0 saturated carbocycles. The molecule has 4 aromatic rings. The Morgan fingerprint density at radius 1 is 0.780 bits per heavy atom. The van der Waals surface area contributed by atoms with Crippen molar-refractivity contribution >= 4 is 11.8 Å². The van der Waals surface area contributed by atoms with Crippen LogP contribution in [0.5, 0.6) is 11.5 Å². The lowest BCUT2D eigenvalue weighted by atomic mass is 10.0. The molecule has 4 rings (SSSR count). The first-order chi connectivity index (χ1) is 19.9. The summed E-state index contributed by atoms with van der Waals surface area (Å²) in [4.78, 5) is 29.4. The maximum atomic E-state index is 14.0. The lowest BCUT2D eigenvalue weighted by Crippen LogP contribution is -2.50. The molecule has 1 N–H and O–H groups in total. The number of halogens is 1. The van der Waals surface area contributed by atoms with Gasteiger partial charge in [0.05, 0.1) is 20.6 Å². The fourth-order valence-corrected chi connectivity index (χ4v) is 4.62. The number of methoxy groups -OCH3 is 2. The van der Waals surface area contributed by atoms with Crippen LogP contribution in [0.3, 0.4) is 0 Å². The second kappa shape index (κ2) is 14.1. The Balaban J connectivity index is 1.66. The average Bonchev–Trinajstić information content (AvgIpc) is 2.99. The van der Waals surface area contributed by atoms with Gasteiger partial charge in [-0.15, -0.1) is 0 Å². The zero-order valence-electron chi connectivity index (χ0n) is 23.6. The van der Waals surface area contributed by atoms with E-state index in [2.05, 4.69) is 5.32 Å². The molecule has 0 aliphatic carbocycles. The van der Waals surface area contributed by atoms with Crippen molar-refractivity contribution in [2.75, 3.05) is 14.2 Å². The van der Waals surface area contributed by atoms with E-state index >= 15 is 0 Å². The minimum absolute atomic E-state index is 0.0398. The molecule has 0 aliphatic heterocycles. The van der Waals surface area contributed by atoms with Gasteiger partial charge in [0, 0.05) is 19.5 Å². The summed E-state index contributed by atoms with van der Waals surface area (Å²) < 4.78 is 24.5. The Kier molecular flexibility index (Phi) is 10.1. The molecule has 2 amide bonds. The van der Waals surface area contributed by atoms with E-state index in [0.717, 1.165) is 27.8 Å². The van der Waals surface area contributed by atoms with Crippen molar-refractivity contribution in [1.82, 2.24) is 10.2 Å². The SMILES string of the molecule is COc1ccc(CC(=O)N(Cc2ccc(F)cc2)[C@H](Cc2ccccc2)C(=O)NCc2ccc(C)cc2)cc1OC. The molecule has 4 aromatic carbocycles. The van der Waals surface area contributed by atoms with Gasteiger partial charge < -0.3 is 19.7 Å². The van der Waals surface area contributed by atoms with Crippen LogP contribution in [-0.4, -0.2) is 37.0 Å². The van der Waals surface area contributed by atoms with Crippen LogP contribution in [0.4, 0.5) is 4.39 Å². The number of amides is 2. The molecular formula is C34H35FN2O4. The van der Waals surface area contributed by atoms with Gasteiger partial charge in [-0.25, -0.2) is 4.39 Å². The summed E-state index contributed by atoms with van der Waals surface area (Å²) in [6.45, 7) is 2.48. The van der Waals surface area contributed by atoms with Gasteiger partial charge in [0.2, 0.25) is 11.8 Å². The lowest BCUT2D eigenvalue weighted by molar-refractivity contribution is -0.140. The first-order valence-electron chi connectivity index (χ1n) is 13.5. The number of nitrogens with one attached hydrogen (secondary N) is 1. The number of hydrogen-bond acceptors (Lipinski definition) is 4. The molecule has 0 bridgehead atoms. The maximum absolute atomic E-state index is 14.0. The van der Waals surface area contributed by atoms with Gasteiger partial charge in [-0.3, -0.25) is 9.59 Å². The smallest absolute Gasteiger partial charge is 0.243 e. The molecule has 0 aliphatic rings. The van der Waals surface area contributed by atoms with Crippen LogP contribution in [-0.2, 0) is 35.5 Å². The number of ether oxygens (including phenoxy) is 2. The predicted octanol–water partition coefficient (Wildman–Crippen LogP) is 5.65. The van der Waals surface area contributed by atoms with Crippen LogP contribution in [0.25, 0.3) is 0 Å². The van der Waals surface area contributed by atoms with E-state index in [-0.39, 0.29) is 30.6 Å². The number of aryl methyl sites for hydroxylation is 1. The van der Waals surface area contributed by atoms with Gasteiger partial charge in [-0.2, -0.15) is 0 Å². The summed E-state index contributed by atoms with van der Waals surface area (Å²) in [5, 5.41) is 3.04. The Morgan fingerprint density at radius 3 is 2.07 bits per heavy atom. The maximum Gasteiger partial charge on any atom is 0.243 e. The Labute approximate surface area is 240 Å². The van der Waals surface area contributed by atoms with Gasteiger partial charge in [-0.05, 0) is 53.4 Å². The van der Waals surface area contributed by atoms with E-state index in [9.17, 15) is 14.0 Å². The van der Waals surface area contributed by atoms with E-state index in [1.165, 1.54) is 12.1 Å². The number of nitrogens with zero attached hydrogens (tertiary/aromatic N) is 1. The predicted molar refractivity (Wildman–Crippen MR) is 157 cm³/mol. The molecule has 0 radical (unpaired) electrons. The summed E-state index contributed by atoms with van der Waals surface area (Å²) in [5.74, 6) is 0.197. The summed E-state index contributed by atoms with van der Waals surface area (Å²) in [6.07, 6.45) is 0.359. The molecule has 41 heavy (non-hydrogen) atoms. The van der Waals surface area contributed by atoms with Gasteiger partial charge in [0.1, 0.15) is 11.9 Å². The summed E-state index contributed by atoms with van der Waals surface area (Å²) in [7, 11) is 3.09. The van der Waals surface area contributed by atoms with Crippen molar-refractivity contribution in [2.45, 2.75) is 38.9 Å². The average molecular weight is 555 g/mol. The molecule has 1 atom stereocenters. The summed E-state index contributed by atoms with van der Waals surface area (Å²) in [5.41, 5.74) is 4.45. The largest absolute Gasteiger partial charge is 0.493 e. The minimum atomic E-state index is -0.805. The fraction of sp³-hybridized carbons (Fsp3) is 0.235. The zero-order valence-corrected chi connectivity index (χ0v) is 23.6. The lowest BCUT2D eigenvalue weighted by Gasteiger charge is -2.32. The Morgan fingerprint density at radius 2 is 1.41 bits per heavy atom. The molecule has 7 heteroatoms. The zero-order chi connectivity index (χ0) is 29.2. The molecule has 0 saturated heterocycles. The Hall–Kier alpha value is -4.65. The quantitative estimate of drug-likeness (QED) is 0.246. The molecule has 0 aromatic heterocycles. The van der Waals surface area contributed by atoms with E-state index in [1.54, 1.807) is 49.5 Å². The van der Waals surface area contributed by atoms with Crippen LogP contribution >= 0.6 is 0 Å². The summed E-state index contributed by atoms with van der Waals surface area (Å²) in [6, 6.07) is 28.0. The standard InChI is InChI=1S/C34H35FN2O4/c1-24-9-11-26(12-10-24)22-36-34(39)30(19-25-7-5-4-6-8-25)37(23-27-13-16-29(35)17-14-27)33(38)21-28-15-18-31(40-2)32(20-28)41-3/h4-18,20,30H,19,21-23H2,1-3H3,(H,36,39)/t30-/m1/s1. The van der Waals surface area contributed by atoms with Crippen LogP contribution in [0.15, 0.2) is 97.1 Å². The van der Waals surface area contributed by atoms with E-state index in [4.69, 9.17) is 9.47 Å². The van der Waals surface area contributed by atoms with Crippen molar-refractivity contribution in [1.29, 1.82) is 0 Å². The highest BCUT2D eigenvalue weighted by molar-refractivity contribution is 5.89. The highest BCUT2D eigenvalue weighted by atomic mass is 19.1. The normalized spacial score (nSPS) is 11.4. The number of carbonyl (C=O) groups excluding carboxylic acids is 2. The highest BCUT2D eigenvalue weighted by Gasteiger charge is 2.30. The fourth-order valence-electron chi connectivity index (χ4n) is 4.62. The number of benzene rings is 4. The van der Waals surface area contributed by atoms with Crippen molar-refractivity contribution in [3.8, 4) is 11.5 Å². The number of carbonyl (C=O) groups is 2. The first-order valence-corrected chi connectivity index (χ1v) is 13.5. The second-order valence-corrected chi connectivity index (χ2v) is 9.92. The number of rotatable bonds is 12. The minimum Gasteiger partial charge on any atom is -0.493 e. The van der Waals surface area contributed by atoms with Crippen molar-refractivity contribution in [2.24, 2.45) is 0 Å². The van der Waals surface area contributed by atoms with Crippen LogP contribution in [0, 0.1) is 12.7 Å². The van der Waals surface area contributed by atoms with Crippen molar-refractivity contribution in [3.05, 3.63) is 131 Å². The second-order valence-electron chi connectivity index (χ2n) is 9.92. The molecular weight excluding hydrogens is 519 g/mol. The van der Waals surface area contributed by atoms with E-state index < -0.39 is 6.04 Å². The van der Waals surface area contributed by atoms with Crippen LogP contribution in [0.2, 0.25) is 0 Å². The molecule has 0 heterocycles. The van der Waals surface area contributed by atoms with Crippen molar-refractivity contribution < 1.29 is 23.5 Å². The summed E-state index contributed by atoms with van der Waals surface area (Å²) >= 11 is 0.